The smallest absolute Gasteiger partial charge is 0.267 e. The number of thiazole rings is 1. The van der Waals surface area contributed by atoms with E-state index in [0.29, 0.717) is 4.88 Å². The van der Waals surface area contributed by atoms with Crippen LogP contribution < -0.4 is 5.32 Å². The molecule has 2 aromatic rings. The zero-order chi connectivity index (χ0) is 14.9. The first-order chi connectivity index (χ1) is 9.29. The molecule has 0 unspecified atom stereocenters. The number of rotatable bonds is 2. The molecule has 2 rings (SSSR count). The summed E-state index contributed by atoms with van der Waals surface area (Å²) in [5.74, 6) is -0.0839. The van der Waals surface area contributed by atoms with Crippen molar-refractivity contribution in [2.24, 2.45) is 0 Å². The fourth-order valence-corrected chi connectivity index (χ4v) is 2.78. The molecule has 0 fully saturated rings. The molecule has 0 atom stereocenters. The summed E-state index contributed by atoms with van der Waals surface area (Å²) in [5.41, 5.74) is 5.68. The van der Waals surface area contributed by atoms with Gasteiger partial charge < -0.3 is 5.32 Å². The molecule has 106 valence electrons. The number of carbonyl (C=O) groups excluding carboxylic acids is 1. The molecule has 1 N–H and O–H groups in total. The maximum Gasteiger partial charge on any atom is 0.267 e. The SMILES string of the molecule is Cc1ccc(NC(=O)c2scnc2C)c(C(C)(C)C)c1. The van der Waals surface area contributed by atoms with E-state index in [0.717, 1.165) is 16.9 Å². The number of anilines is 1. The molecule has 0 saturated carbocycles. The van der Waals surface area contributed by atoms with Crippen molar-refractivity contribution >= 4 is 22.9 Å². The lowest BCUT2D eigenvalue weighted by molar-refractivity contribution is 0.102. The van der Waals surface area contributed by atoms with Crippen LogP contribution in [0.3, 0.4) is 0 Å². The topological polar surface area (TPSA) is 42.0 Å². The minimum absolute atomic E-state index is 0.0165. The number of carbonyl (C=O) groups is 1. The lowest BCUT2D eigenvalue weighted by atomic mass is 9.85. The number of aromatic nitrogens is 1. The highest BCUT2D eigenvalue weighted by Gasteiger charge is 2.20. The Kier molecular flexibility index (Phi) is 3.95. The second kappa shape index (κ2) is 5.37. The van der Waals surface area contributed by atoms with Crippen LogP contribution in [-0.4, -0.2) is 10.9 Å². The van der Waals surface area contributed by atoms with E-state index >= 15 is 0 Å². The van der Waals surface area contributed by atoms with Crippen molar-refractivity contribution < 1.29 is 4.79 Å². The summed E-state index contributed by atoms with van der Waals surface area (Å²) in [4.78, 5) is 17.1. The summed E-state index contributed by atoms with van der Waals surface area (Å²) < 4.78 is 0. The van der Waals surface area contributed by atoms with Gasteiger partial charge in [0.15, 0.2) is 0 Å². The number of benzene rings is 1. The first-order valence-corrected chi connectivity index (χ1v) is 7.49. The van der Waals surface area contributed by atoms with Gasteiger partial charge in [-0.05, 0) is 30.9 Å². The van der Waals surface area contributed by atoms with Gasteiger partial charge in [0, 0.05) is 5.69 Å². The Hall–Kier alpha value is -1.68. The monoisotopic (exact) mass is 288 g/mol. The number of aryl methyl sites for hydroxylation is 2. The second-order valence-corrected chi connectivity index (χ2v) is 6.87. The maximum atomic E-state index is 12.3. The van der Waals surface area contributed by atoms with E-state index in [1.165, 1.54) is 16.9 Å². The van der Waals surface area contributed by atoms with Gasteiger partial charge in [-0.2, -0.15) is 0 Å². The Labute approximate surface area is 124 Å². The number of hydrogen-bond acceptors (Lipinski definition) is 3. The first-order valence-electron chi connectivity index (χ1n) is 6.61. The summed E-state index contributed by atoms with van der Waals surface area (Å²) in [5, 5.41) is 3.02. The van der Waals surface area contributed by atoms with E-state index in [4.69, 9.17) is 0 Å². The van der Waals surface area contributed by atoms with Crippen LogP contribution in [0.15, 0.2) is 23.7 Å². The van der Waals surface area contributed by atoms with Crippen LogP contribution in [0, 0.1) is 13.8 Å². The van der Waals surface area contributed by atoms with Gasteiger partial charge >= 0.3 is 0 Å². The fraction of sp³-hybridized carbons (Fsp3) is 0.375. The molecule has 4 heteroatoms. The Balaban J connectivity index is 2.35. The molecule has 1 heterocycles. The minimum Gasteiger partial charge on any atom is -0.321 e. The highest BCUT2D eigenvalue weighted by atomic mass is 32.1. The molecule has 0 aliphatic rings. The van der Waals surface area contributed by atoms with E-state index in [9.17, 15) is 4.79 Å². The largest absolute Gasteiger partial charge is 0.321 e. The molecule has 20 heavy (non-hydrogen) atoms. The van der Waals surface area contributed by atoms with Crippen molar-refractivity contribution in [1.29, 1.82) is 0 Å². The van der Waals surface area contributed by atoms with E-state index in [2.05, 4.69) is 44.1 Å². The van der Waals surface area contributed by atoms with E-state index in [-0.39, 0.29) is 11.3 Å². The van der Waals surface area contributed by atoms with Gasteiger partial charge in [-0.15, -0.1) is 11.3 Å². The first kappa shape index (κ1) is 14.7. The molecule has 0 aliphatic heterocycles. The zero-order valence-electron chi connectivity index (χ0n) is 12.6. The third-order valence-corrected chi connectivity index (χ3v) is 4.11. The van der Waals surface area contributed by atoms with Crippen LogP contribution >= 0.6 is 11.3 Å². The second-order valence-electron chi connectivity index (χ2n) is 6.02. The Morgan fingerprint density at radius 1 is 1.25 bits per heavy atom. The zero-order valence-corrected chi connectivity index (χ0v) is 13.4. The third kappa shape index (κ3) is 3.07. The van der Waals surface area contributed by atoms with Gasteiger partial charge in [-0.3, -0.25) is 4.79 Å². The Morgan fingerprint density at radius 3 is 2.50 bits per heavy atom. The average Bonchev–Trinajstić information content (AvgIpc) is 2.76. The van der Waals surface area contributed by atoms with E-state index in [1.54, 1.807) is 5.51 Å². The molecule has 0 aliphatic carbocycles. The summed E-state index contributed by atoms with van der Waals surface area (Å²) in [6.45, 7) is 10.4. The minimum atomic E-state index is -0.0839. The molecular weight excluding hydrogens is 268 g/mol. The fourth-order valence-electron chi connectivity index (χ4n) is 2.09. The number of hydrogen-bond donors (Lipinski definition) is 1. The van der Waals surface area contributed by atoms with E-state index < -0.39 is 0 Å². The molecule has 0 bridgehead atoms. The van der Waals surface area contributed by atoms with Gasteiger partial charge in [-0.25, -0.2) is 4.98 Å². The third-order valence-electron chi connectivity index (χ3n) is 3.18. The average molecular weight is 288 g/mol. The van der Waals surface area contributed by atoms with Crippen LogP contribution in [0.25, 0.3) is 0 Å². The molecule has 0 saturated heterocycles. The predicted octanol–water partition coefficient (Wildman–Crippen LogP) is 4.31. The standard InChI is InChI=1S/C16H20N2OS/c1-10-6-7-13(12(8-10)16(3,4)5)18-15(19)14-11(2)17-9-20-14/h6-9H,1-5H3,(H,18,19). The lowest BCUT2D eigenvalue weighted by Crippen LogP contribution is -2.19. The molecule has 1 amide bonds. The van der Waals surface area contributed by atoms with Crippen LogP contribution in [0.4, 0.5) is 5.69 Å². The van der Waals surface area contributed by atoms with Crippen molar-refractivity contribution in [1.82, 2.24) is 4.98 Å². The van der Waals surface area contributed by atoms with Crippen LogP contribution in [0.2, 0.25) is 0 Å². The van der Waals surface area contributed by atoms with Gasteiger partial charge in [0.1, 0.15) is 4.88 Å². The van der Waals surface area contributed by atoms with Crippen LogP contribution in [0.5, 0.6) is 0 Å². The molecule has 3 nitrogen and oxygen atoms in total. The van der Waals surface area contributed by atoms with Crippen molar-refractivity contribution in [3.05, 3.63) is 45.4 Å². The number of nitrogens with zero attached hydrogens (tertiary/aromatic N) is 1. The predicted molar refractivity (Wildman–Crippen MR) is 84.7 cm³/mol. The van der Waals surface area contributed by atoms with Gasteiger partial charge in [0.2, 0.25) is 0 Å². The molecule has 0 spiro atoms. The molecule has 0 radical (unpaired) electrons. The Morgan fingerprint density at radius 2 is 1.95 bits per heavy atom. The lowest BCUT2D eigenvalue weighted by Gasteiger charge is -2.23. The maximum absolute atomic E-state index is 12.3. The van der Waals surface area contributed by atoms with Gasteiger partial charge in [0.05, 0.1) is 11.2 Å². The van der Waals surface area contributed by atoms with E-state index in [1.807, 2.05) is 19.1 Å². The molecule has 1 aromatic carbocycles. The van der Waals surface area contributed by atoms with Gasteiger partial charge in [0.25, 0.3) is 5.91 Å². The number of nitrogens with one attached hydrogen (secondary N) is 1. The molecular formula is C16H20N2OS. The quantitative estimate of drug-likeness (QED) is 0.894. The van der Waals surface area contributed by atoms with Crippen LogP contribution in [0.1, 0.15) is 47.3 Å². The highest BCUT2D eigenvalue weighted by Crippen LogP contribution is 2.31. The van der Waals surface area contributed by atoms with Crippen LogP contribution in [-0.2, 0) is 5.41 Å². The summed E-state index contributed by atoms with van der Waals surface area (Å²) in [6, 6.07) is 6.13. The molecule has 1 aromatic heterocycles. The van der Waals surface area contributed by atoms with Crippen molar-refractivity contribution in [2.45, 2.75) is 40.0 Å². The summed E-state index contributed by atoms with van der Waals surface area (Å²) in [7, 11) is 0. The summed E-state index contributed by atoms with van der Waals surface area (Å²) >= 11 is 1.37. The van der Waals surface area contributed by atoms with Crippen molar-refractivity contribution in [2.75, 3.05) is 5.32 Å². The van der Waals surface area contributed by atoms with Crippen molar-refractivity contribution in [3.63, 3.8) is 0 Å². The van der Waals surface area contributed by atoms with Crippen molar-refractivity contribution in [3.8, 4) is 0 Å². The van der Waals surface area contributed by atoms with Gasteiger partial charge in [-0.1, -0.05) is 38.5 Å². The number of amides is 1. The highest BCUT2D eigenvalue weighted by molar-refractivity contribution is 7.12. The Bertz CT molecular complexity index is 638. The summed E-state index contributed by atoms with van der Waals surface area (Å²) in [6.07, 6.45) is 0. The normalized spacial score (nSPS) is 11.4.